The maximum Gasteiger partial charge on any atom is 0.263 e. The predicted molar refractivity (Wildman–Crippen MR) is 101 cm³/mol. The number of benzene rings is 2. The third-order valence-electron chi connectivity index (χ3n) is 4.80. The topological polar surface area (TPSA) is 46.6 Å². The van der Waals surface area contributed by atoms with E-state index < -0.39 is 6.10 Å². The summed E-state index contributed by atoms with van der Waals surface area (Å²) in [7, 11) is 0. The van der Waals surface area contributed by atoms with Crippen LogP contribution in [-0.2, 0) is 4.79 Å². The van der Waals surface area contributed by atoms with E-state index in [1.165, 1.54) is 37.1 Å². The van der Waals surface area contributed by atoms with Gasteiger partial charge in [0.2, 0.25) is 0 Å². The third kappa shape index (κ3) is 4.94. The van der Waals surface area contributed by atoms with Crippen LogP contribution >= 0.6 is 0 Å². The number of likely N-dealkylation sites (tertiary alicyclic amines) is 1. The number of ether oxygens (including phenoxy) is 1. The normalized spacial score (nSPS) is 15.7. The summed E-state index contributed by atoms with van der Waals surface area (Å²) in [6.45, 7) is 3.33. The van der Waals surface area contributed by atoms with Gasteiger partial charge >= 0.3 is 0 Å². The van der Waals surface area contributed by atoms with Crippen LogP contribution in [0.2, 0.25) is 0 Å². The molecule has 0 aliphatic carbocycles. The summed E-state index contributed by atoms with van der Waals surface area (Å²) in [5.41, 5.74) is 0.912. The lowest BCUT2D eigenvalue weighted by Crippen LogP contribution is -2.40. The highest BCUT2D eigenvalue weighted by molar-refractivity contribution is 6.09. The Balaban J connectivity index is 1.62. The van der Waals surface area contributed by atoms with E-state index in [0.717, 1.165) is 25.9 Å². The highest BCUT2D eigenvalue weighted by Gasteiger charge is 2.22. The van der Waals surface area contributed by atoms with E-state index >= 15 is 0 Å². The quantitative estimate of drug-likeness (QED) is 0.741. The maximum absolute atomic E-state index is 13.0. The zero-order valence-electron chi connectivity index (χ0n) is 15.5. The van der Waals surface area contributed by atoms with Crippen molar-refractivity contribution in [2.45, 2.75) is 38.7 Å². The van der Waals surface area contributed by atoms with Crippen LogP contribution < -0.4 is 4.74 Å². The summed E-state index contributed by atoms with van der Waals surface area (Å²) in [5.74, 6) is -0.0155. The average molecular weight is 369 g/mol. The fraction of sp³-hybridized carbons (Fsp3) is 0.364. The molecule has 1 fully saturated rings. The number of amides is 1. The molecule has 0 spiro atoms. The Morgan fingerprint density at radius 3 is 1.96 bits per heavy atom. The number of carbonyl (C=O) groups excluding carboxylic acids is 2. The van der Waals surface area contributed by atoms with E-state index in [1.807, 2.05) is 4.90 Å². The van der Waals surface area contributed by atoms with Crippen LogP contribution in [0, 0.1) is 5.82 Å². The van der Waals surface area contributed by atoms with Crippen LogP contribution in [0.3, 0.4) is 0 Å². The van der Waals surface area contributed by atoms with Crippen molar-refractivity contribution in [1.29, 1.82) is 0 Å². The van der Waals surface area contributed by atoms with E-state index in [4.69, 9.17) is 4.74 Å². The van der Waals surface area contributed by atoms with Gasteiger partial charge in [0.05, 0.1) is 0 Å². The van der Waals surface area contributed by atoms with Crippen molar-refractivity contribution in [3.8, 4) is 5.75 Å². The van der Waals surface area contributed by atoms with Gasteiger partial charge in [-0.15, -0.1) is 0 Å². The summed E-state index contributed by atoms with van der Waals surface area (Å²) >= 11 is 0. The summed E-state index contributed by atoms with van der Waals surface area (Å²) in [5, 5.41) is 0. The fourth-order valence-electron chi connectivity index (χ4n) is 3.26. The highest BCUT2D eigenvalue weighted by Crippen LogP contribution is 2.18. The number of ketones is 1. The lowest BCUT2D eigenvalue weighted by Gasteiger charge is -2.24. The number of carbonyl (C=O) groups is 2. The summed E-state index contributed by atoms with van der Waals surface area (Å²) in [4.78, 5) is 26.9. The van der Waals surface area contributed by atoms with Gasteiger partial charge in [0.25, 0.3) is 5.91 Å². The van der Waals surface area contributed by atoms with Gasteiger partial charge in [0.15, 0.2) is 11.9 Å². The van der Waals surface area contributed by atoms with Crippen LogP contribution in [0.25, 0.3) is 0 Å². The molecule has 1 atom stereocenters. The molecule has 0 saturated carbocycles. The van der Waals surface area contributed by atoms with Crippen LogP contribution in [-0.4, -0.2) is 35.8 Å². The number of rotatable bonds is 5. The second kappa shape index (κ2) is 8.80. The van der Waals surface area contributed by atoms with Crippen molar-refractivity contribution in [3.63, 3.8) is 0 Å². The number of halogens is 1. The molecule has 142 valence electrons. The summed E-state index contributed by atoms with van der Waals surface area (Å²) < 4.78 is 18.8. The van der Waals surface area contributed by atoms with Crippen molar-refractivity contribution in [2.24, 2.45) is 0 Å². The molecule has 1 aliphatic rings. The van der Waals surface area contributed by atoms with Gasteiger partial charge in [-0.05, 0) is 68.3 Å². The first-order valence-corrected chi connectivity index (χ1v) is 9.40. The van der Waals surface area contributed by atoms with Crippen molar-refractivity contribution in [3.05, 3.63) is 65.5 Å². The van der Waals surface area contributed by atoms with Gasteiger partial charge in [0, 0.05) is 24.2 Å². The molecular weight excluding hydrogens is 345 g/mol. The third-order valence-corrected chi connectivity index (χ3v) is 4.80. The zero-order chi connectivity index (χ0) is 19.2. The molecule has 2 aromatic carbocycles. The molecule has 1 aliphatic heterocycles. The monoisotopic (exact) mass is 369 g/mol. The SMILES string of the molecule is CC(Oc1ccc(C(=O)c2ccc(F)cc2)cc1)C(=O)N1CCCCCC1. The molecule has 0 bridgehead atoms. The molecule has 3 rings (SSSR count). The van der Waals surface area contributed by atoms with E-state index in [-0.39, 0.29) is 17.5 Å². The molecule has 4 nitrogen and oxygen atoms in total. The lowest BCUT2D eigenvalue weighted by molar-refractivity contribution is -0.137. The van der Waals surface area contributed by atoms with E-state index in [2.05, 4.69) is 0 Å². The Labute approximate surface area is 158 Å². The molecular formula is C22H24FNO3. The Morgan fingerprint density at radius 1 is 0.889 bits per heavy atom. The molecule has 27 heavy (non-hydrogen) atoms. The molecule has 0 radical (unpaired) electrons. The van der Waals surface area contributed by atoms with Gasteiger partial charge in [-0.3, -0.25) is 9.59 Å². The number of hydrogen-bond donors (Lipinski definition) is 0. The van der Waals surface area contributed by atoms with Crippen LogP contribution in [0.15, 0.2) is 48.5 Å². The summed E-state index contributed by atoms with van der Waals surface area (Å²) in [6.07, 6.45) is 3.85. The van der Waals surface area contributed by atoms with E-state index in [1.54, 1.807) is 31.2 Å². The molecule has 2 aromatic rings. The van der Waals surface area contributed by atoms with E-state index in [0.29, 0.717) is 16.9 Å². The number of nitrogens with zero attached hydrogens (tertiary/aromatic N) is 1. The largest absolute Gasteiger partial charge is 0.481 e. The molecule has 5 heteroatoms. The zero-order valence-corrected chi connectivity index (χ0v) is 15.5. The standard InChI is InChI=1S/C22H24FNO3/c1-16(22(26)24-14-4-2-3-5-15-24)27-20-12-8-18(9-13-20)21(25)17-6-10-19(23)11-7-17/h6-13,16H,2-5,14-15H2,1H3. The Hall–Kier alpha value is -2.69. The van der Waals surface area contributed by atoms with Crippen molar-refractivity contribution >= 4 is 11.7 Å². The van der Waals surface area contributed by atoms with E-state index in [9.17, 15) is 14.0 Å². The Morgan fingerprint density at radius 2 is 1.41 bits per heavy atom. The first-order valence-electron chi connectivity index (χ1n) is 9.40. The summed E-state index contributed by atoms with van der Waals surface area (Å²) in [6, 6.07) is 12.1. The minimum absolute atomic E-state index is 0.00312. The molecule has 1 unspecified atom stereocenters. The van der Waals surface area contributed by atoms with Gasteiger partial charge < -0.3 is 9.64 Å². The smallest absolute Gasteiger partial charge is 0.263 e. The Bertz CT molecular complexity index is 778. The maximum atomic E-state index is 13.0. The predicted octanol–water partition coefficient (Wildman–Crippen LogP) is 4.23. The minimum atomic E-state index is -0.568. The second-order valence-corrected chi connectivity index (χ2v) is 6.86. The van der Waals surface area contributed by atoms with Gasteiger partial charge in [-0.25, -0.2) is 4.39 Å². The average Bonchev–Trinajstić information content (AvgIpc) is 2.97. The molecule has 1 amide bonds. The van der Waals surface area contributed by atoms with Crippen molar-refractivity contribution in [1.82, 2.24) is 4.90 Å². The molecule has 0 N–H and O–H groups in total. The lowest BCUT2D eigenvalue weighted by atomic mass is 10.0. The fourth-order valence-corrected chi connectivity index (χ4v) is 3.26. The van der Waals surface area contributed by atoms with Crippen molar-refractivity contribution < 1.29 is 18.7 Å². The first-order chi connectivity index (χ1) is 13.0. The van der Waals surface area contributed by atoms with Gasteiger partial charge in [-0.1, -0.05) is 12.8 Å². The van der Waals surface area contributed by atoms with Crippen LogP contribution in [0.4, 0.5) is 4.39 Å². The molecule has 1 heterocycles. The van der Waals surface area contributed by atoms with Gasteiger partial charge in [0.1, 0.15) is 11.6 Å². The second-order valence-electron chi connectivity index (χ2n) is 6.86. The van der Waals surface area contributed by atoms with Crippen LogP contribution in [0.5, 0.6) is 5.75 Å². The molecule has 0 aromatic heterocycles. The molecule has 1 saturated heterocycles. The van der Waals surface area contributed by atoms with Crippen molar-refractivity contribution in [2.75, 3.05) is 13.1 Å². The highest BCUT2D eigenvalue weighted by atomic mass is 19.1. The minimum Gasteiger partial charge on any atom is -0.481 e. The number of hydrogen-bond acceptors (Lipinski definition) is 3. The van der Waals surface area contributed by atoms with Crippen LogP contribution in [0.1, 0.15) is 48.5 Å². The first kappa shape index (κ1) is 19.1. The Kier molecular flexibility index (Phi) is 6.22. The van der Waals surface area contributed by atoms with Gasteiger partial charge in [-0.2, -0.15) is 0 Å².